The number of rotatable bonds is 12. The zero-order valence-corrected chi connectivity index (χ0v) is 38.9. The van der Waals surface area contributed by atoms with Crippen molar-refractivity contribution < 1.29 is 84.6 Å². The zero-order valence-electron chi connectivity index (χ0n) is 38.9. The Labute approximate surface area is 377 Å². The van der Waals surface area contributed by atoms with Crippen LogP contribution in [-0.4, -0.2) is 179 Å². The van der Waals surface area contributed by atoms with Crippen LogP contribution in [0.25, 0.3) is 0 Å². The van der Waals surface area contributed by atoms with Gasteiger partial charge in [-0.2, -0.15) is 0 Å². The molecule has 370 valence electrons. The van der Waals surface area contributed by atoms with Gasteiger partial charge >= 0.3 is 0 Å². The van der Waals surface area contributed by atoms with E-state index in [0.29, 0.717) is 25.7 Å². The SMILES string of the molecule is CC(C)=CCCC(C)(O[C@@H]1O[C@H](CO[C@@H]2O[C@H](C)[C@H](O)[C@@H](O)[C@H]2O)[C@@H](O)[C@H](O)[C@H]1O)C1CCC2(C)C1C(O)CC1C3CCC(O[C@@H]4O[C@H](CO)[C@@H](O)[C@H](O)[C@H]4O)C(C)(C)C3CCC12C. The van der Waals surface area contributed by atoms with Gasteiger partial charge in [0.1, 0.15) is 67.1 Å². The first-order valence-electron chi connectivity index (χ1n) is 23.9. The van der Waals surface area contributed by atoms with E-state index in [4.69, 9.17) is 28.4 Å². The van der Waals surface area contributed by atoms with Gasteiger partial charge in [-0.05, 0) is 131 Å². The van der Waals surface area contributed by atoms with E-state index >= 15 is 0 Å². The van der Waals surface area contributed by atoms with E-state index in [1.807, 2.05) is 20.8 Å². The van der Waals surface area contributed by atoms with Gasteiger partial charge in [0, 0.05) is 0 Å². The predicted octanol–water partition coefficient (Wildman–Crippen LogP) is 0.611. The van der Waals surface area contributed by atoms with Crippen LogP contribution < -0.4 is 0 Å². The van der Waals surface area contributed by atoms with E-state index in [1.165, 1.54) is 6.92 Å². The standard InChI is InChI=1S/C47H80O17/c1-21(2)10-9-15-47(8,64-43-40(58)37(55)34(52)29(62-43)20-59-41-38(56)35(53)32(50)22(3)60-41)25-14-17-46(7)31(25)27(49)18-26-23-11-12-30(44(4,5)24(23)13-16-45(26,46)6)63-42-39(57)36(54)33(51)28(19-48)61-42/h10,22-43,48-58H,9,11-20H2,1-8H3/t22-,23?,24?,25?,26?,27?,28-,29-,30?,31?,32+,33-,34-,35-,36+,37+,38-,39-,40-,41-,42+,43+,45?,46?,47?/m1/s1. The summed E-state index contributed by atoms with van der Waals surface area (Å²) in [5.41, 5.74) is -0.661. The van der Waals surface area contributed by atoms with E-state index in [1.54, 1.807) is 0 Å². The molecule has 7 aliphatic rings. The Morgan fingerprint density at radius 1 is 0.672 bits per heavy atom. The molecule has 17 heteroatoms. The lowest BCUT2D eigenvalue weighted by Gasteiger charge is -2.67. The third-order valence-corrected chi connectivity index (χ3v) is 18.1. The van der Waals surface area contributed by atoms with Crippen LogP contribution in [0.2, 0.25) is 0 Å². The van der Waals surface area contributed by atoms with Crippen molar-refractivity contribution in [3.8, 4) is 0 Å². The first-order chi connectivity index (χ1) is 29.9. The highest BCUT2D eigenvalue weighted by molar-refractivity contribution is 5.18. The first kappa shape index (κ1) is 50.9. The third-order valence-electron chi connectivity index (χ3n) is 18.1. The van der Waals surface area contributed by atoms with Crippen LogP contribution in [0.4, 0.5) is 0 Å². The van der Waals surface area contributed by atoms with E-state index < -0.39 is 117 Å². The summed E-state index contributed by atoms with van der Waals surface area (Å²) in [6.45, 7) is 15.7. The zero-order chi connectivity index (χ0) is 47.0. The minimum absolute atomic E-state index is 0.148. The van der Waals surface area contributed by atoms with Gasteiger partial charge in [-0.1, -0.05) is 39.3 Å². The molecule has 64 heavy (non-hydrogen) atoms. The number of fused-ring (bicyclic) bond motifs is 5. The van der Waals surface area contributed by atoms with Gasteiger partial charge in [-0.15, -0.1) is 0 Å². The molecule has 0 spiro atoms. The molecule has 0 bridgehead atoms. The van der Waals surface area contributed by atoms with Gasteiger partial charge < -0.3 is 84.6 Å². The molecular formula is C47H80O17. The molecule has 3 heterocycles. The third kappa shape index (κ3) is 8.82. The number of aliphatic hydroxyl groups excluding tert-OH is 11. The van der Waals surface area contributed by atoms with Crippen molar-refractivity contribution in [3.05, 3.63) is 11.6 Å². The molecule has 4 aliphatic carbocycles. The summed E-state index contributed by atoms with van der Waals surface area (Å²) in [5, 5.41) is 119. The minimum atomic E-state index is -1.68. The topological polar surface area (TPSA) is 278 Å². The molecule has 0 aromatic heterocycles. The molecule has 7 fully saturated rings. The molecule has 3 saturated heterocycles. The van der Waals surface area contributed by atoms with Crippen LogP contribution >= 0.6 is 0 Å². The molecule has 3 aliphatic heterocycles. The van der Waals surface area contributed by atoms with Gasteiger partial charge in [0.25, 0.3) is 0 Å². The van der Waals surface area contributed by atoms with Crippen molar-refractivity contribution >= 4 is 0 Å². The van der Waals surface area contributed by atoms with Crippen LogP contribution in [0.1, 0.15) is 113 Å². The van der Waals surface area contributed by atoms with Crippen LogP contribution in [0, 0.1) is 45.8 Å². The van der Waals surface area contributed by atoms with E-state index in [0.717, 1.165) is 37.7 Å². The van der Waals surface area contributed by atoms with Gasteiger partial charge in [-0.3, -0.25) is 0 Å². The largest absolute Gasteiger partial charge is 0.394 e. The summed E-state index contributed by atoms with van der Waals surface area (Å²) < 4.78 is 36.7. The lowest BCUT2D eigenvalue weighted by atomic mass is 9.39. The average molecular weight is 917 g/mol. The highest BCUT2D eigenvalue weighted by atomic mass is 16.7. The molecule has 0 aromatic rings. The highest BCUT2D eigenvalue weighted by Gasteiger charge is 2.69. The summed E-state index contributed by atoms with van der Waals surface area (Å²) >= 11 is 0. The maximum absolute atomic E-state index is 12.6. The van der Waals surface area contributed by atoms with Gasteiger partial charge in [0.15, 0.2) is 18.9 Å². The maximum Gasteiger partial charge on any atom is 0.187 e. The second-order valence-corrected chi connectivity index (χ2v) is 22.2. The number of ether oxygens (including phenoxy) is 6. The quantitative estimate of drug-likeness (QED) is 0.0946. The summed E-state index contributed by atoms with van der Waals surface area (Å²) in [5.74, 6) is 0.358. The molecule has 25 atom stereocenters. The number of allylic oxidation sites excluding steroid dienone is 2. The van der Waals surface area contributed by atoms with Crippen LogP contribution in [0.5, 0.6) is 0 Å². The Balaban J connectivity index is 1.09. The maximum atomic E-state index is 12.6. The lowest BCUT2D eigenvalue weighted by Crippen LogP contribution is -2.65. The fourth-order valence-corrected chi connectivity index (χ4v) is 14.1. The fourth-order valence-electron chi connectivity index (χ4n) is 14.1. The second kappa shape index (κ2) is 19.1. The number of aliphatic hydroxyl groups is 11. The van der Waals surface area contributed by atoms with Crippen molar-refractivity contribution in [1.29, 1.82) is 0 Å². The van der Waals surface area contributed by atoms with Crippen molar-refractivity contribution in [3.63, 3.8) is 0 Å². The Kier molecular flexibility index (Phi) is 15.2. The first-order valence-corrected chi connectivity index (χ1v) is 23.9. The summed E-state index contributed by atoms with van der Waals surface area (Å²) in [6, 6.07) is 0. The van der Waals surface area contributed by atoms with Crippen LogP contribution in [0.15, 0.2) is 11.6 Å². The minimum Gasteiger partial charge on any atom is -0.394 e. The molecule has 11 N–H and O–H groups in total. The second-order valence-electron chi connectivity index (χ2n) is 22.2. The van der Waals surface area contributed by atoms with Crippen molar-refractivity contribution in [2.75, 3.05) is 13.2 Å². The molecule has 0 radical (unpaired) electrons. The van der Waals surface area contributed by atoms with Gasteiger partial charge in [-0.25, -0.2) is 0 Å². The Hall–Kier alpha value is -0.940. The van der Waals surface area contributed by atoms with E-state index in [-0.39, 0.29) is 51.9 Å². The molecule has 17 nitrogen and oxygen atoms in total. The Morgan fingerprint density at radius 2 is 1.27 bits per heavy atom. The summed E-state index contributed by atoms with van der Waals surface area (Å²) in [6.07, 6.45) is -13.2. The normalized spacial score (nSPS) is 52.5. The Morgan fingerprint density at radius 3 is 1.92 bits per heavy atom. The predicted molar refractivity (Wildman–Crippen MR) is 228 cm³/mol. The summed E-state index contributed by atoms with van der Waals surface area (Å²) in [7, 11) is 0. The number of hydrogen-bond acceptors (Lipinski definition) is 17. The fraction of sp³-hybridized carbons (Fsp3) is 0.957. The molecule has 7 rings (SSSR count). The lowest BCUT2D eigenvalue weighted by molar-refractivity contribution is -0.348. The highest BCUT2D eigenvalue weighted by Crippen LogP contribution is 2.73. The molecule has 0 aromatic carbocycles. The van der Waals surface area contributed by atoms with E-state index in [9.17, 15) is 56.2 Å². The monoisotopic (exact) mass is 917 g/mol. The van der Waals surface area contributed by atoms with E-state index in [2.05, 4.69) is 33.8 Å². The van der Waals surface area contributed by atoms with Gasteiger partial charge in [0.05, 0.1) is 37.1 Å². The Bertz CT molecular complexity index is 1610. The molecule has 10 unspecified atom stereocenters. The van der Waals surface area contributed by atoms with Crippen LogP contribution in [0.3, 0.4) is 0 Å². The smallest absolute Gasteiger partial charge is 0.187 e. The number of hydrogen-bond donors (Lipinski definition) is 11. The molecule has 4 saturated carbocycles. The molecular weight excluding hydrogens is 836 g/mol. The van der Waals surface area contributed by atoms with Gasteiger partial charge in [0.2, 0.25) is 0 Å². The van der Waals surface area contributed by atoms with Crippen molar-refractivity contribution in [2.24, 2.45) is 45.8 Å². The average Bonchev–Trinajstić information content (AvgIpc) is 3.63. The van der Waals surface area contributed by atoms with Crippen LogP contribution in [-0.2, 0) is 28.4 Å². The van der Waals surface area contributed by atoms with Crippen molar-refractivity contribution in [1.82, 2.24) is 0 Å². The summed E-state index contributed by atoms with van der Waals surface area (Å²) in [4.78, 5) is 0. The molecule has 0 amide bonds. The van der Waals surface area contributed by atoms with Crippen molar-refractivity contribution in [2.45, 2.75) is 223 Å².